The van der Waals surface area contributed by atoms with Crippen molar-refractivity contribution in [2.24, 2.45) is 0 Å². The lowest BCUT2D eigenvalue weighted by atomic mass is 10.1. The summed E-state index contributed by atoms with van der Waals surface area (Å²) in [5, 5.41) is 13.4. The van der Waals surface area contributed by atoms with Crippen molar-refractivity contribution in [1.82, 2.24) is 15.0 Å². The molecule has 2 aromatic heterocycles. The molecule has 2 aromatic carbocycles. The SMILES string of the molecule is O=[N+]([O-])c1c(N2CCN(c3ccccc3F)CC2)ncnc1N1CCN(c2cccc3[nH]ccc23)CC1. The van der Waals surface area contributed by atoms with E-state index < -0.39 is 0 Å². The van der Waals surface area contributed by atoms with Gasteiger partial charge in [-0.3, -0.25) is 10.1 Å². The van der Waals surface area contributed by atoms with Crippen molar-refractivity contribution in [2.75, 3.05) is 72.0 Å². The molecule has 0 aliphatic carbocycles. The Bertz CT molecular complexity index is 1430. The van der Waals surface area contributed by atoms with Crippen LogP contribution in [0.15, 0.2) is 61.1 Å². The van der Waals surface area contributed by atoms with Gasteiger partial charge in [-0.25, -0.2) is 14.4 Å². The number of rotatable bonds is 5. The molecule has 0 spiro atoms. The first kappa shape index (κ1) is 23.0. The van der Waals surface area contributed by atoms with E-state index in [2.05, 4.69) is 38.1 Å². The van der Waals surface area contributed by atoms with E-state index in [-0.39, 0.29) is 16.4 Å². The van der Waals surface area contributed by atoms with Gasteiger partial charge in [0.15, 0.2) is 0 Å². The number of para-hydroxylation sites is 1. The third-order valence-electron chi connectivity index (χ3n) is 7.23. The van der Waals surface area contributed by atoms with Gasteiger partial charge in [-0.15, -0.1) is 0 Å². The maximum atomic E-state index is 14.2. The standard InChI is InChI=1S/C26H27FN8O2/c27-20-4-1-2-6-23(20)32-12-16-34(17-13-32)26-24(35(36)37)25(29-18-30-26)33-14-10-31(11-15-33)22-7-3-5-21-19(22)8-9-28-21/h1-9,18,28H,10-17H2. The molecule has 10 nitrogen and oxygen atoms in total. The van der Waals surface area contributed by atoms with Crippen molar-refractivity contribution >= 4 is 39.6 Å². The molecule has 2 saturated heterocycles. The molecule has 190 valence electrons. The van der Waals surface area contributed by atoms with E-state index in [9.17, 15) is 14.5 Å². The lowest BCUT2D eigenvalue weighted by molar-refractivity contribution is -0.383. The molecule has 2 aliphatic heterocycles. The van der Waals surface area contributed by atoms with Gasteiger partial charge < -0.3 is 24.6 Å². The van der Waals surface area contributed by atoms with Gasteiger partial charge in [0, 0.05) is 75.1 Å². The largest absolute Gasteiger partial charge is 0.367 e. The minimum Gasteiger partial charge on any atom is -0.367 e. The first-order valence-corrected chi connectivity index (χ1v) is 12.4. The Hall–Kier alpha value is -4.41. The smallest absolute Gasteiger partial charge is 0.353 e. The molecular weight excluding hydrogens is 475 g/mol. The van der Waals surface area contributed by atoms with Crippen LogP contribution in [0.5, 0.6) is 0 Å². The molecule has 1 N–H and O–H groups in total. The zero-order valence-corrected chi connectivity index (χ0v) is 20.3. The predicted octanol–water partition coefficient (Wildman–Crippen LogP) is 3.66. The van der Waals surface area contributed by atoms with Crippen LogP contribution < -0.4 is 19.6 Å². The Kier molecular flexibility index (Phi) is 5.95. The topological polar surface area (TPSA) is 97.7 Å². The highest BCUT2D eigenvalue weighted by Gasteiger charge is 2.33. The van der Waals surface area contributed by atoms with Crippen molar-refractivity contribution in [2.45, 2.75) is 0 Å². The van der Waals surface area contributed by atoms with Crippen molar-refractivity contribution < 1.29 is 9.31 Å². The summed E-state index contributed by atoms with van der Waals surface area (Å²) in [5.74, 6) is 0.409. The van der Waals surface area contributed by atoms with Crippen LogP contribution in [0.1, 0.15) is 0 Å². The number of aromatic nitrogens is 3. The van der Waals surface area contributed by atoms with E-state index in [0.717, 1.165) is 24.3 Å². The predicted molar refractivity (Wildman–Crippen MR) is 142 cm³/mol. The van der Waals surface area contributed by atoms with E-state index in [0.29, 0.717) is 56.6 Å². The van der Waals surface area contributed by atoms with Crippen LogP contribution in [0.4, 0.5) is 33.1 Å². The molecule has 2 fully saturated rings. The Morgan fingerprint density at radius 1 is 0.757 bits per heavy atom. The lowest BCUT2D eigenvalue weighted by Gasteiger charge is -2.38. The van der Waals surface area contributed by atoms with E-state index in [1.165, 1.54) is 17.8 Å². The quantitative estimate of drug-likeness (QED) is 0.326. The fraction of sp³-hybridized carbons (Fsp3) is 0.308. The number of piperazine rings is 2. The zero-order valence-electron chi connectivity index (χ0n) is 20.3. The average molecular weight is 503 g/mol. The summed E-state index contributed by atoms with van der Waals surface area (Å²) in [6, 6.07) is 15.0. The minimum absolute atomic E-state index is 0.0666. The van der Waals surface area contributed by atoms with E-state index in [1.807, 2.05) is 33.0 Å². The first-order chi connectivity index (χ1) is 18.1. The van der Waals surface area contributed by atoms with E-state index in [4.69, 9.17) is 0 Å². The summed E-state index contributed by atoms with van der Waals surface area (Å²) in [7, 11) is 0. The average Bonchev–Trinajstić information content (AvgIpc) is 3.42. The summed E-state index contributed by atoms with van der Waals surface area (Å²) < 4.78 is 14.2. The number of hydrogen-bond donors (Lipinski definition) is 1. The van der Waals surface area contributed by atoms with Crippen LogP contribution in [-0.2, 0) is 0 Å². The van der Waals surface area contributed by atoms with Crippen molar-refractivity contribution in [3.63, 3.8) is 0 Å². The van der Waals surface area contributed by atoms with Gasteiger partial charge in [0.1, 0.15) is 12.1 Å². The highest BCUT2D eigenvalue weighted by atomic mass is 19.1. The Labute approximate surface area is 213 Å². The highest BCUT2D eigenvalue weighted by molar-refractivity contribution is 5.92. The molecule has 4 heterocycles. The molecular formula is C26H27FN8O2. The number of benzene rings is 2. The van der Waals surface area contributed by atoms with Gasteiger partial charge in [-0.1, -0.05) is 18.2 Å². The third-order valence-corrected chi connectivity index (χ3v) is 7.23. The van der Waals surface area contributed by atoms with E-state index in [1.54, 1.807) is 12.1 Å². The van der Waals surface area contributed by atoms with Crippen LogP contribution in [-0.4, -0.2) is 72.2 Å². The maximum Gasteiger partial charge on any atom is 0.353 e. The highest BCUT2D eigenvalue weighted by Crippen LogP contribution is 2.36. The van der Waals surface area contributed by atoms with Crippen molar-refractivity contribution in [3.8, 4) is 0 Å². The number of halogens is 1. The first-order valence-electron chi connectivity index (χ1n) is 12.4. The number of nitrogens with zero attached hydrogens (tertiary/aromatic N) is 7. The second-order valence-electron chi connectivity index (χ2n) is 9.24. The Morgan fingerprint density at radius 3 is 1.95 bits per heavy atom. The second-order valence-corrected chi connectivity index (χ2v) is 9.24. The zero-order chi connectivity index (χ0) is 25.4. The summed E-state index contributed by atoms with van der Waals surface area (Å²) >= 11 is 0. The monoisotopic (exact) mass is 502 g/mol. The molecule has 0 atom stereocenters. The summed E-state index contributed by atoms with van der Waals surface area (Å²) in [4.78, 5) is 32.0. The number of anilines is 4. The van der Waals surface area contributed by atoms with Crippen LogP contribution in [0.2, 0.25) is 0 Å². The number of nitrogens with one attached hydrogen (secondary N) is 1. The Morgan fingerprint density at radius 2 is 1.32 bits per heavy atom. The van der Waals surface area contributed by atoms with E-state index >= 15 is 0 Å². The molecule has 0 unspecified atom stereocenters. The number of H-pyrrole nitrogens is 1. The molecule has 4 aromatic rings. The number of fused-ring (bicyclic) bond motifs is 1. The summed E-state index contributed by atoms with van der Waals surface area (Å²) in [6.07, 6.45) is 3.35. The van der Waals surface area contributed by atoms with Crippen LogP contribution in [0, 0.1) is 15.9 Å². The van der Waals surface area contributed by atoms with Gasteiger partial charge in [0.25, 0.3) is 0 Å². The normalized spacial score (nSPS) is 16.5. The molecule has 0 radical (unpaired) electrons. The summed E-state index contributed by atoms with van der Waals surface area (Å²) in [5.41, 5.74) is 2.73. The Balaban J connectivity index is 1.20. The van der Waals surface area contributed by atoms with Crippen LogP contribution >= 0.6 is 0 Å². The molecule has 0 bridgehead atoms. The van der Waals surface area contributed by atoms with Crippen molar-refractivity contribution in [1.29, 1.82) is 0 Å². The van der Waals surface area contributed by atoms with Gasteiger partial charge >= 0.3 is 5.69 Å². The summed E-state index contributed by atoms with van der Waals surface area (Å²) in [6.45, 7) is 4.75. The maximum absolute atomic E-state index is 14.2. The number of aromatic amines is 1. The molecule has 0 amide bonds. The molecule has 0 saturated carbocycles. The molecule has 37 heavy (non-hydrogen) atoms. The number of hydrogen-bond acceptors (Lipinski definition) is 8. The minimum atomic E-state index is -0.374. The van der Waals surface area contributed by atoms with Gasteiger partial charge in [-0.2, -0.15) is 0 Å². The van der Waals surface area contributed by atoms with Crippen LogP contribution in [0.25, 0.3) is 10.9 Å². The van der Waals surface area contributed by atoms with Gasteiger partial charge in [0.2, 0.25) is 11.6 Å². The third kappa shape index (κ3) is 4.26. The van der Waals surface area contributed by atoms with Gasteiger partial charge in [0.05, 0.1) is 10.6 Å². The van der Waals surface area contributed by atoms with Crippen LogP contribution in [0.3, 0.4) is 0 Å². The fourth-order valence-electron chi connectivity index (χ4n) is 5.36. The fourth-order valence-corrected chi connectivity index (χ4v) is 5.36. The van der Waals surface area contributed by atoms with Crippen molar-refractivity contribution in [3.05, 3.63) is 77.0 Å². The number of nitro groups is 1. The molecule has 11 heteroatoms. The lowest BCUT2D eigenvalue weighted by Crippen LogP contribution is -2.48. The molecule has 6 rings (SSSR count). The van der Waals surface area contributed by atoms with Gasteiger partial charge in [-0.05, 0) is 30.3 Å². The second kappa shape index (κ2) is 9.57. The molecule has 2 aliphatic rings.